The standard InChI is InChI=1S/C9H16O4/c1-6(2)8(9(11)12)13-5-4-7(3)10/h6,8H,4-5H2,1-3H3,(H,11,12). The van der Waals surface area contributed by atoms with E-state index in [9.17, 15) is 9.59 Å². The summed E-state index contributed by atoms with van der Waals surface area (Å²) in [6.45, 7) is 5.18. The zero-order chi connectivity index (χ0) is 10.4. The number of carbonyl (C=O) groups is 2. The molecule has 4 nitrogen and oxygen atoms in total. The van der Waals surface area contributed by atoms with Crippen molar-refractivity contribution >= 4 is 11.8 Å². The molecule has 0 aliphatic rings. The summed E-state index contributed by atoms with van der Waals surface area (Å²) >= 11 is 0. The van der Waals surface area contributed by atoms with Crippen LogP contribution >= 0.6 is 0 Å². The van der Waals surface area contributed by atoms with Crippen molar-refractivity contribution in [1.29, 1.82) is 0 Å². The van der Waals surface area contributed by atoms with Crippen molar-refractivity contribution in [1.82, 2.24) is 0 Å². The second-order valence-corrected chi connectivity index (χ2v) is 3.33. The van der Waals surface area contributed by atoms with Crippen LogP contribution in [0.15, 0.2) is 0 Å². The summed E-state index contributed by atoms with van der Waals surface area (Å²) in [7, 11) is 0. The lowest BCUT2D eigenvalue weighted by atomic mass is 10.1. The van der Waals surface area contributed by atoms with E-state index in [-0.39, 0.29) is 24.7 Å². The van der Waals surface area contributed by atoms with Crippen LogP contribution in [0.3, 0.4) is 0 Å². The molecule has 0 saturated heterocycles. The Kier molecular flexibility index (Phi) is 5.30. The third-order valence-electron chi connectivity index (χ3n) is 1.60. The van der Waals surface area contributed by atoms with Gasteiger partial charge in [-0.25, -0.2) is 4.79 Å². The number of hydrogen-bond acceptors (Lipinski definition) is 3. The maximum absolute atomic E-state index is 10.6. The molecule has 0 aromatic carbocycles. The van der Waals surface area contributed by atoms with Gasteiger partial charge in [0.1, 0.15) is 5.78 Å². The normalized spacial score (nSPS) is 12.9. The van der Waals surface area contributed by atoms with E-state index >= 15 is 0 Å². The van der Waals surface area contributed by atoms with Crippen LogP contribution in [0.2, 0.25) is 0 Å². The molecule has 1 N–H and O–H groups in total. The topological polar surface area (TPSA) is 63.6 Å². The fraction of sp³-hybridized carbons (Fsp3) is 0.778. The van der Waals surface area contributed by atoms with E-state index in [1.54, 1.807) is 13.8 Å². The summed E-state index contributed by atoms with van der Waals surface area (Å²) in [5.74, 6) is -1.05. The predicted octanol–water partition coefficient (Wildman–Crippen LogP) is 1.09. The Hall–Kier alpha value is -0.900. The van der Waals surface area contributed by atoms with E-state index in [0.717, 1.165) is 0 Å². The Balaban J connectivity index is 3.84. The van der Waals surface area contributed by atoms with Gasteiger partial charge < -0.3 is 9.84 Å². The smallest absolute Gasteiger partial charge is 0.333 e. The highest BCUT2D eigenvalue weighted by molar-refractivity contribution is 5.75. The molecule has 0 bridgehead atoms. The molecule has 1 atom stereocenters. The molecule has 13 heavy (non-hydrogen) atoms. The molecule has 0 heterocycles. The third-order valence-corrected chi connectivity index (χ3v) is 1.60. The van der Waals surface area contributed by atoms with Gasteiger partial charge in [0, 0.05) is 6.42 Å². The molecule has 0 rings (SSSR count). The van der Waals surface area contributed by atoms with Gasteiger partial charge in [-0.15, -0.1) is 0 Å². The fourth-order valence-corrected chi connectivity index (χ4v) is 0.879. The van der Waals surface area contributed by atoms with Crippen molar-refractivity contribution in [3.63, 3.8) is 0 Å². The van der Waals surface area contributed by atoms with Crippen LogP contribution in [-0.4, -0.2) is 29.6 Å². The lowest BCUT2D eigenvalue weighted by Crippen LogP contribution is -2.30. The zero-order valence-electron chi connectivity index (χ0n) is 8.24. The molecule has 4 heteroatoms. The van der Waals surface area contributed by atoms with Gasteiger partial charge in [0.05, 0.1) is 6.61 Å². The molecule has 0 amide bonds. The van der Waals surface area contributed by atoms with Crippen LogP contribution in [-0.2, 0) is 14.3 Å². The Labute approximate surface area is 77.9 Å². The minimum absolute atomic E-state index is 0.00731. The number of carboxylic acids is 1. The van der Waals surface area contributed by atoms with Crippen molar-refractivity contribution in [2.24, 2.45) is 5.92 Å². The van der Waals surface area contributed by atoms with Gasteiger partial charge >= 0.3 is 5.97 Å². The molecule has 76 valence electrons. The molecule has 0 saturated carbocycles. The van der Waals surface area contributed by atoms with Crippen molar-refractivity contribution < 1.29 is 19.4 Å². The van der Waals surface area contributed by atoms with E-state index in [1.807, 2.05) is 0 Å². The van der Waals surface area contributed by atoms with E-state index < -0.39 is 12.1 Å². The van der Waals surface area contributed by atoms with Crippen molar-refractivity contribution in [3.8, 4) is 0 Å². The first-order valence-corrected chi connectivity index (χ1v) is 4.29. The molecule has 0 aromatic heterocycles. The number of aliphatic carboxylic acids is 1. The van der Waals surface area contributed by atoms with Gasteiger partial charge in [0.25, 0.3) is 0 Å². The van der Waals surface area contributed by atoms with E-state index in [2.05, 4.69) is 0 Å². The monoisotopic (exact) mass is 188 g/mol. The average molecular weight is 188 g/mol. The summed E-state index contributed by atoms with van der Waals surface area (Å²) in [4.78, 5) is 21.1. The van der Waals surface area contributed by atoms with Crippen LogP contribution in [0, 0.1) is 5.92 Å². The van der Waals surface area contributed by atoms with Gasteiger partial charge in [-0.05, 0) is 12.8 Å². The first kappa shape index (κ1) is 12.1. The molecular weight excluding hydrogens is 172 g/mol. The predicted molar refractivity (Wildman–Crippen MR) is 47.5 cm³/mol. The molecule has 0 fully saturated rings. The molecule has 0 aliphatic carbocycles. The fourth-order valence-electron chi connectivity index (χ4n) is 0.879. The minimum Gasteiger partial charge on any atom is -0.479 e. The highest BCUT2D eigenvalue weighted by atomic mass is 16.5. The van der Waals surface area contributed by atoms with Crippen LogP contribution in [0.4, 0.5) is 0 Å². The summed E-state index contributed by atoms with van der Waals surface area (Å²) in [6, 6.07) is 0. The van der Waals surface area contributed by atoms with Crippen LogP contribution < -0.4 is 0 Å². The largest absolute Gasteiger partial charge is 0.479 e. The average Bonchev–Trinajstić information content (AvgIpc) is 1.95. The van der Waals surface area contributed by atoms with Crippen molar-refractivity contribution in [2.75, 3.05) is 6.61 Å². The molecule has 0 aromatic rings. The number of hydrogen-bond donors (Lipinski definition) is 1. The summed E-state index contributed by atoms with van der Waals surface area (Å²) in [5.41, 5.74) is 0. The number of carbonyl (C=O) groups excluding carboxylic acids is 1. The van der Waals surface area contributed by atoms with E-state index in [1.165, 1.54) is 6.92 Å². The number of ketones is 1. The van der Waals surface area contributed by atoms with Crippen LogP contribution in [0.25, 0.3) is 0 Å². The van der Waals surface area contributed by atoms with Crippen LogP contribution in [0.5, 0.6) is 0 Å². The molecular formula is C9H16O4. The second kappa shape index (κ2) is 5.70. The first-order valence-electron chi connectivity index (χ1n) is 4.29. The van der Waals surface area contributed by atoms with Crippen molar-refractivity contribution in [2.45, 2.75) is 33.3 Å². The molecule has 0 radical (unpaired) electrons. The van der Waals surface area contributed by atoms with E-state index in [4.69, 9.17) is 9.84 Å². The third kappa shape index (κ3) is 5.36. The van der Waals surface area contributed by atoms with Crippen molar-refractivity contribution in [3.05, 3.63) is 0 Å². The summed E-state index contributed by atoms with van der Waals surface area (Å²) < 4.78 is 5.06. The molecule has 0 spiro atoms. The summed E-state index contributed by atoms with van der Waals surface area (Å²) in [6.07, 6.45) is -0.532. The quantitative estimate of drug-likeness (QED) is 0.677. The lowest BCUT2D eigenvalue weighted by molar-refractivity contribution is -0.154. The number of Topliss-reactive ketones (excluding diaryl/α,β-unsaturated/α-hetero) is 1. The minimum atomic E-state index is -0.974. The van der Waals surface area contributed by atoms with Gasteiger partial charge in [-0.1, -0.05) is 13.8 Å². The highest BCUT2D eigenvalue weighted by Crippen LogP contribution is 2.07. The van der Waals surface area contributed by atoms with E-state index in [0.29, 0.717) is 0 Å². The number of rotatable bonds is 6. The van der Waals surface area contributed by atoms with Gasteiger partial charge in [-0.2, -0.15) is 0 Å². The highest BCUT2D eigenvalue weighted by Gasteiger charge is 2.21. The Bertz CT molecular complexity index is 186. The maximum Gasteiger partial charge on any atom is 0.333 e. The Morgan fingerprint density at radius 3 is 2.23 bits per heavy atom. The summed E-state index contributed by atoms with van der Waals surface area (Å²) in [5, 5.41) is 8.70. The zero-order valence-corrected chi connectivity index (χ0v) is 8.24. The number of ether oxygens (including phenoxy) is 1. The maximum atomic E-state index is 10.6. The van der Waals surface area contributed by atoms with Gasteiger partial charge in [-0.3, -0.25) is 4.79 Å². The Morgan fingerprint density at radius 1 is 1.38 bits per heavy atom. The van der Waals surface area contributed by atoms with Gasteiger partial charge in [0.2, 0.25) is 0 Å². The first-order chi connectivity index (χ1) is 5.95. The molecule has 1 unspecified atom stereocenters. The molecule has 0 aliphatic heterocycles. The second-order valence-electron chi connectivity index (χ2n) is 3.33. The number of carboxylic acid groups (broad SMARTS) is 1. The van der Waals surface area contributed by atoms with Crippen LogP contribution in [0.1, 0.15) is 27.2 Å². The lowest BCUT2D eigenvalue weighted by Gasteiger charge is -2.16. The van der Waals surface area contributed by atoms with Gasteiger partial charge in [0.15, 0.2) is 6.10 Å². The Morgan fingerprint density at radius 2 is 1.92 bits per heavy atom. The SMILES string of the molecule is CC(=O)CCOC(C(=O)O)C(C)C.